The minimum Gasteiger partial charge on any atom is -0.401 e. The highest BCUT2D eigenvalue weighted by atomic mass is 32.2. The molecule has 30 heavy (non-hydrogen) atoms. The summed E-state index contributed by atoms with van der Waals surface area (Å²) in [6.07, 6.45) is 5.42. The number of rotatable bonds is 5. The molecule has 0 spiro atoms. The van der Waals surface area contributed by atoms with Crippen molar-refractivity contribution in [3.63, 3.8) is 0 Å². The molecule has 3 heterocycles. The third-order valence-electron chi connectivity index (χ3n) is 5.00. The summed E-state index contributed by atoms with van der Waals surface area (Å²) in [5.74, 6) is -0.252. The summed E-state index contributed by atoms with van der Waals surface area (Å²) in [5, 5.41) is 14.3. The van der Waals surface area contributed by atoms with Gasteiger partial charge in [0.2, 0.25) is 10.0 Å². The second-order valence-electron chi connectivity index (χ2n) is 7.05. The molecule has 10 nitrogen and oxygen atoms in total. The molecule has 158 valence electrons. The molecule has 1 aliphatic rings. The Hall–Kier alpha value is -3.05. The lowest BCUT2D eigenvalue weighted by atomic mass is 10.2. The van der Waals surface area contributed by atoms with E-state index in [2.05, 4.69) is 20.6 Å². The third-order valence-corrected chi connectivity index (χ3v) is 6.92. The molecule has 0 saturated carbocycles. The van der Waals surface area contributed by atoms with Crippen LogP contribution in [0.3, 0.4) is 0 Å². The molecule has 1 fully saturated rings. The van der Waals surface area contributed by atoms with Gasteiger partial charge in [-0.1, -0.05) is 17.9 Å². The lowest BCUT2D eigenvalue weighted by Crippen LogP contribution is -2.31. The van der Waals surface area contributed by atoms with E-state index in [9.17, 15) is 13.2 Å². The zero-order valence-electron chi connectivity index (χ0n) is 16.5. The molecule has 4 rings (SSSR count). The topological polar surface area (TPSA) is 123 Å². The smallest absolute Gasteiger partial charge is 0.322 e. The van der Waals surface area contributed by atoms with Crippen LogP contribution in [0.15, 0.2) is 45.8 Å². The molecular formula is C19H22N6O4S. The molecular weight excluding hydrogens is 408 g/mol. The molecule has 1 aromatic carbocycles. The predicted molar refractivity (Wildman–Crippen MR) is 108 cm³/mol. The number of sulfonamides is 1. The number of hydrogen-bond donors (Lipinski definition) is 1. The van der Waals surface area contributed by atoms with E-state index >= 15 is 0 Å². The van der Waals surface area contributed by atoms with Gasteiger partial charge in [0.15, 0.2) is 0 Å². The zero-order valence-corrected chi connectivity index (χ0v) is 17.3. The van der Waals surface area contributed by atoms with E-state index in [1.165, 1.54) is 28.6 Å². The van der Waals surface area contributed by atoms with Crippen LogP contribution in [0.1, 0.15) is 36.0 Å². The number of benzene rings is 1. The fourth-order valence-corrected chi connectivity index (χ4v) is 4.86. The summed E-state index contributed by atoms with van der Waals surface area (Å²) in [7, 11) is -1.82. The van der Waals surface area contributed by atoms with E-state index in [4.69, 9.17) is 4.42 Å². The SMILES string of the molecule is Cn1nccc1-c1nnc(NC(=O)c2ccc(S(=O)(=O)N3CCCCCC3)cc2)o1. The highest BCUT2D eigenvalue weighted by Crippen LogP contribution is 2.22. The van der Waals surface area contributed by atoms with Crippen LogP contribution in [0.2, 0.25) is 0 Å². The van der Waals surface area contributed by atoms with Crippen LogP contribution in [-0.4, -0.2) is 51.7 Å². The first kappa shape index (κ1) is 20.2. The average Bonchev–Trinajstić information content (AvgIpc) is 3.27. The molecule has 0 bridgehead atoms. The molecule has 0 aliphatic carbocycles. The van der Waals surface area contributed by atoms with Gasteiger partial charge in [0, 0.05) is 31.9 Å². The van der Waals surface area contributed by atoms with Gasteiger partial charge in [-0.15, -0.1) is 5.10 Å². The lowest BCUT2D eigenvalue weighted by molar-refractivity contribution is 0.102. The maximum atomic E-state index is 12.8. The monoisotopic (exact) mass is 430 g/mol. The van der Waals surface area contributed by atoms with Gasteiger partial charge in [-0.2, -0.15) is 9.40 Å². The van der Waals surface area contributed by atoms with Crippen LogP contribution in [0.25, 0.3) is 11.6 Å². The van der Waals surface area contributed by atoms with Crippen LogP contribution in [0.5, 0.6) is 0 Å². The minimum absolute atomic E-state index is 0.0579. The van der Waals surface area contributed by atoms with Gasteiger partial charge in [-0.25, -0.2) is 8.42 Å². The molecule has 0 atom stereocenters. The lowest BCUT2D eigenvalue weighted by Gasteiger charge is -2.19. The number of amides is 1. The molecule has 0 radical (unpaired) electrons. The zero-order chi connectivity index (χ0) is 21.1. The Labute approximate surface area is 174 Å². The summed E-state index contributed by atoms with van der Waals surface area (Å²) >= 11 is 0. The predicted octanol–water partition coefficient (Wildman–Crippen LogP) is 2.29. The van der Waals surface area contributed by atoms with Crippen molar-refractivity contribution in [3.8, 4) is 11.6 Å². The molecule has 1 aliphatic heterocycles. The highest BCUT2D eigenvalue weighted by Gasteiger charge is 2.25. The summed E-state index contributed by atoms with van der Waals surface area (Å²) in [6, 6.07) is 7.49. The first-order valence-electron chi connectivity index (χ1n) is 9.68. The number of anilines is 1. The Bertz CT molecular complexity index is 1130. The van der Waals surface area contributed by atoms with Gasteiger partial charge in [0.25, 0.3) is 11.8 Å². The Morgan fingerprint density at radius 1 is 1.03 bits per heavy atom. The number of carbonyl (C=O) groups excluding carboxylic acids is 1. The van der Waals surface area contributed by atoms with Crippen molar-refractivity contribution in [3.05, 3.63) is 42.1 Å². The van der Waals surface area contributed by atoms with Crippen molar-refractivity contribution in [1.82, 2.24) is 24.3 Å². The number of nitrogens with zero attached hydrogens (tertiary/aromatic N) is 5. The summed E-state index contributed by atoms with van der Waals surface area (Å²) in [5.41, 5.74) is 0.899. The fraction of sp³-hybridized carbons (Fsp3) is 0.368. The van der Waals surface area contributed by atoms with Crippen molar-refractivity contribution < 1.29 is 17.6 Å². The standard InChI is InChI=1S/C19H22N6O4S/c1-24-16(10-11-20-24)18-22-23-19(29-18)21-17(26)14-6-8-15(9-7-14)30(27,28)25-12-4-2-3-5-13-25/h6-11H,2-5,12-13H2,1H3,(H,21,23,26). The van der Waals surface area contributed by atoms with Gasteiger partial charge in [0.05, 0.1) is 4.90 Å². The van der Waals surface area contributed by atoms with E-state index in [1.807, 2.05) is 0 Å². The Morgan fingerprint density at radius 3 is 2.37 bits per heavy atom. The molecule has 3 aromatic rings. The van der Waals surface area contributed by atoms with E-state index in [-0.39, 0.29) is 22.4 Å². The van der Waals surface area contributed by atoms with Crippen LogP contribution in [0.4, 0.5) is 6.01 Å². The van der Waals surface area contributed by atoms with Crippen LogP contribution in [-0.2, 0) is 17.1 Å². The van der Waals surface area contributed by atoms with Gasteiger partial charge < -0.3 is 4.42 Å². The van der Waals surface area contributed by atoms with Crippen molar-refractivity contribution in [1.29, 1.82) is 0 Å². The number of nitrogens with one attached hydrogen (secondary N) is 1. The molecule has 1 amide bonds. The summed E-state index contributed by atoms with van der Waals surface area (Å²) in [6.45, 7) is 1.06. The summed E-state index contributed by atoms with van der Waals surface area (Å²) < 4.78 is 34.2. The van der Waals surface area contributed by atoms with Crippen LogP contribution < -0.4 is 5.32 Å². The normalized spacial score (nSPS) is 15.6. The maximum Gasteiger partial charge on any atom is 0.322 e. The van der Waals surface area contributed by atoms with Crippen molar-refractivity contribution in [2.45, 2.75) is 30.6 Å². The van der Waals surface area contributed by atoms with Gasteiger partial charge in [0.1, 0.15) is 5.69 Å². The number of aryl methyl sites for hydroxylation is 1. The van der Waals surface area contributed by atoms with Crippen molar-refractivity contribution >= 4 is 21.9 Å². The average molecular weight is 430 g/mol. The van der Waals surface area contributed by atoms with E-state index in [0.717, 1.165) is 25.7 Å². The fourth-order valence-electron chi connectivity index (χ4n) is 3.34. The third kappa shape index (κ3) is 4.12. The summed E-state index contributed by atoms with van der Waals surface area (Å²) in [4.78, 5) is 12.6. The van der Waals surface area contributed by atoms with E-state index in [1.54, 1.807) is 24.0 Å². The highest BCUT2D eigenvalue weighted by molar-refractivity contribution is 7.89. The van der Waals surface area contributed by atoms with Crippen molar-refractivity contribution in [2.24, 2.45) is 7.05 Å². The quantitative estimate of drug-likeness (QED) is 0.659. The molecule has 0 unspecified atom stereocenters. The molecule has 11 heteroatoms. The number of aromatic nitrogens is 4. The van der Waals surface area contributed by atoms with Gasteiger partial charge >= 0.3 is 6.01 Å². The van der Waals surface area contributed by atoms with Crippen LogP contribution >= 0.6 is 0 Å². The Kier molecular flexibility index (Phi) is 5.64. The second kappa shape index (κ2) is 8.36. The number of carbonyl (C=O) groups is 1. The van der Waals surface area contributed by atoms with Crippen LogP contribution in [0, 0.1) is 0 Å². The first-order chi connectivity index (χ1) is 14.4. The van der Waals surface area contributed by atoms with E-state index in [0.29, 0.717) is 18.8 Å². The maximum absolute atomic E-state index is 12.8. The molecule has 1 N–H and O–H groups in total. The minimum atomic E-state index is -3.56. The Balaban J connectivity index is 1.46. The van der Waals surface area contributed by atoms with E-state index < -0.39 is 15.9 Å². The largest absolute Gasteiger partial charge is 0.401 e. The molecule has 1 saturated heterocycles. The van der Waals surface area contributed by atoms with Crippen molar-refractivity contribution in [2.75, 3.05) is 18.4 Å². The Morgan fingerprint density at radius 2 is 1.73 bits per heavy atom. The van der Waals surface area contributed by atoms with Gasteiger partial charge in [-0.05, 0) is 43.2 Å². The van der Waals surface area contributed by atoms with Gasteiger partial charge in [-0.3, -0.25) is 14.8 Å². The number of hydrogen-bond acceptors (Lipinski definition) is 7. The second-order valence-corrected chi connectivity index (χ2v) is 8.99. The first-order valence-corrected chi connectivity index (χ1v) is 11.1. The molecule has 2 aromatic heterocycles.